The summed E-state index contributed by atoms with van der Waals surface area (Å²) in [4.78, 5) is 0. The van der Waals surface area contributed by atoms with Gasteiger partial charge < -0.3 is 10.4 Å². The maximum Gasteiger partial charge on any atom is 0.0706 e. The number of aryl methyl sites for hydroxylation is 1. The standard InChI is InChI=1S/C11H21N3O/c1-3-5-12-8-11(15)6-10-7-13-14(4-2)9-10/h7,9,11-12,15H,3-6,8H2,1-2H3. The molecule has 0 radical (unpaired) electrons. The first-order valence-corrected chi connectivity index (χ1v) is 5.66. The van der Waals surface area contributed by atoms with Gasteiger partial charge in [0.1, 0.15) is 0 Å². The molecule has 0 amide bonds. The molecule has 0 aliphatic carbocycles. The van der Waals surface area contributed by atoms with Gasteiger partial charge in [-0.2, -0.15) is 5.10 Å². The SMILES string of the molecule is CCCNCC(O)Cc1cnn(CC)c1. The van der Waals surface area contributed by atoms with Crippen molar-refractivity contribution in [3.8, 4) is 0 Å². The summed E-state index contributed by atoms with van der Waals surface area (Å²) < 4.78 is 1.88. The molecule has 0 aliphatic heterocycles. The van der Waals surface area contributed by atoms with Crippen LogP contribution < -0.4 is 5.32 Å². The van der Waals surface area contributed by atoms with Gasteiger partial charge in [0, 0.05) is 25.7 Å². The van der Waals surface area contributed by atoms with Gasteiger partial charge in [-0.1, -0.05) is 6.92 Å². The van der Waals surface area contributed by atoms with Crippen molar-refractivity contribution in [2.24, 2.45) is 0 Å². The molecule has 0 aromatic carbocycles. The molecule has 1 aromatic rings. The molecule has 86 valence electrons. The van der Waals surface area contributed by atoms with Crippen LogP contribution in [0.3, 0.4) is 0 Å². The van der Waals surface area contributed by atoms with Crippen molar-refractivity contribution in [1.29, 1.82) is 0 Å². The van der Waals surface area contributed by atoms with E-state index in [4.69, 9.17) is 0 Å². The Balaban J connectivity index is 2.27. The van der Waals surface area contributed by atoms with Crippen LogP contribution in [-0.4, -0.2) is 34.1 Å². The highest BCUT2D eigenvalue weighted by Gasteiger charge is 2.06. The zero-order chi connectivity index (χ0) is 11.1. The predicted molar refractivity (Wildman–Crippen MR) is 60.8 cm³/mol. The van der Waals surface area contributed by atoms with Gasteiger partial charge in [0.2, 0.25) is 0 Å². The Morgan fingerprint density at radius 2 is 2.33 bits per heavy atom. The van der Waals surface area contributed by atoms with Gasteiger partial charge in [0.05, 0.1) is 12.3 Å². The summed E-state index contributed by atoms with van der Waals surface area (Å²) in [6.07, 6.45) is 5.28. The largest absolute Gasteiger partial charge is 0.391 e. The summed E-state index contributed by atoms with van der Waals surface area (Å²) in [5.41, 5.74) is 1.10. The molecular weight excluding hydrogens is 190 g/mol. The molecule has 4 nitrogen and oxygen atoms in total. The first-order chi connectivity index (χ1) is 7.26. The van der Waals surface area contributed by atoms with E-state index in [9.17, 15) is 5.11 Å². The van der Waals surface area contributed by atoms with Crippen LogP contribution in [0.2, 0.25) is 0 Å². The molecule has 0 saturated carbocycles. The molecule has 0 fully saturated rings. The first-order valence-electron chi connectivity index (χ1n) is 5.66. The minimum absolute atomic E-state index is 0.314. The molecule has 1 unspecified atom stereocenters. The average molecular weight is 211 g/mol. The number of nitrogens with one attached hydrogen (secondary N) is 1. The summed E-state index contributed by atoms with van der Waals surface area (Å²) in [7, 11) is 0. The van der Waals surface area contributed by atoms with Gasteiger partial charge in [-0.15, -0.1) is 0 Å². The highest BCUT2D eigenvalue weighted by Crippen LogP contribution is 2.01. The number of aromatic nitrogens is 2. The number of aliphatic hydroxyl groups is 1. The monoisotopic (exact) mass is 211 g/mol. The van der Waals surface area contributed by atoms with E-state index < -0.39 is 0 Å². The molecule has 0 aliphatic rings. The lowest BCUT2D eigenvalue weighted by Gasteiger charge is -2.09. The number of hydrogen-bond acceptors (Lipinski definition) is 3. The topological polar surface area (TPSA) is 50.1 Å². The Morgan fingerprint density at radius 1 is 1.53 bits per heavy atom. The molecule has 1 rings (SSSR count). The Kier molecular flexibility index (Phi) is 5.36. The Morgan fingerprint density at radius 3 is 2.93 bits per heavy atom. The van der Waals surface area contributed by atoms with Crippen LogP contribution in [-0.2, 0) is 13.0 Å². The molecule has 1 atom stereocenters. The van der Waals surface area contributed by atoms with Crippen molar-refractivity contribution in [3.63, 3.8) is 0 Å². The lowest BCUT2D eigenvalue weighted by Crippen LogP contribution is -2.28. The number of hydrogen-bond donors (Lipinski definition) is 2. The van der Waals surface area contributed by atoms with Gasteiger partial charge in [-0.05, 0) is 25.5 Å². The van der Waals surface area contributed by atoms with Crippen LogP contribution in [0.15, 0.2) is 12.4 Å². The third-order valence-electron chi connectivity index (χ3n) is 2.29. The van der Waals surface area contributed by atoms with Crippen molar-refractivity contribution in [3.05, 3.63) is 18.0 Å². The van der Waals surface area contributed by atoms with Crippen molar-refractivity contribution in [1.82, 2.24) is 15.1 Å². The molecule has 2 N–H and O–H groups in total. The lowest BCUT2D eigenvalue weighted by atomic mass is 10.1. The second kappa shape index (κ2) is 6.58. The van der Waals surface area contributed by atoms with Crippen LogP contribution in [0, 0.1) is 0 Å². The minimum Gasteiger partial charge on any atom is -0.391 e. The zero-order valence-electron chi connectivity index (χ0n) is 9.61. The molecule has 1 heterocycles. The summed E-state index contributed by atoms with van der Waals surface area (Å²) in [5, 5.41) is 17.1. The molecule has 0 bridgehead atoms. The van der Waals surface area contributed by atoms with Crippen LogP contribution >= 0.6 is 0 Å². The van der Waals surface area contributed by atoms with Crippen LogP contribution in [0.25, 0.3) is 0 Å². The second-order valence-corrected chi connectivity index (χ2v) is 3.77. The van der Waals surface area contributed by atoms with E-state index in [-0.39, 0.29) is 6.10 Å². The number of aliphatic hydroxyl groups excluding tert-OH is 1. The Bertz CT molecular complexity index is 273. The first kappa shape index (κ1) is 12.2. The van der Waals surface area contributed by atoms with Crippen molar-refractivity contribution >= 4 is 0 Å². The van der Waals surface area contributed by atoms with Crippen molar-refractivity contribution in [2.45, 2.75) is 39.3 Å². The third-order valence-corrected chi connectivity index (χ3v) is 2.29. The summed E-state index contributed by atoms with van der Waals surface area (Å²) in [5.74, 6) is 0. The van der Waals surface area contributed by atoms with Crippen LogP contribution in [0.1, 0.15) is 25.8 Å². The maximum absolute atomic E-state index is 9.71. The summed E-state index contributed by atoms with van der Waals surface area (Å²) >= 11 is 0. The maximum atomic E-state index is 9.71. The molecule has 0 spiro atoms. The summed E-state index contributed by atoms with van der Waals surface area (Å²) in [6.45, 7) is 6.67. The quantitative estimate of drug-likeness (QED) is 0.656. The predicted octanol–water partition coefficient (Wildman–Crippen LogP) is 0.806. The van der Waals surface area contributed by atoms with E-state index in [1.165, 1.54) is 0 Å². The molecule has 1 aromatic heterocycles. The van der Waals surface area contributed by atoms with Gasteiger partial charge in [-0.3, -0.25) is 4.68 Å². The third kappa shape index (κ3) is 4.44. The highest BCUT2D eigenvalue weighted by atomic mass is 16.3. The molecule has 0 saturated heterocycles. The normalized spacial score (nSPS) is 13.0. The fourth-order valence-electron chi connectivity index (χ4n) is 1.47. The fourth-order valence-corrected chi connectivity index (χ4v) is 1.47. The average Bonchev–Trinajstić information content (AvgIpc) is 2.66. The number of nitrogens with zero attached hydrogens (tertiary/aromatic N) is 2. The van der Waals surface area contributed by atoms with E-state index in [0.29, 0.717) is 13.0 Å². The molecular formula is C11H21N3O. The highest BCUT2D eigenvalue weighted by molar-refractivity contribution is 5.05. The zero-order valence-corrected chi connectivity index (χ0v) is 9.61. The van der Waals surface area contributed by atoms with Crippen LogP contribution in [0.4, 0.5) is 0 Å². The second-order valence-electron chi connectivity index (χ2n) is 3.77. The van der Waals surface area contributed by atoms with Gasteiger partial charge in [0.15, 0.2) is 0 Å². The Labute approximate surface area is 91.3 Å². The van der Waals surface area contributed by atoms with Crippen molar-refractivity contribution in [2.75, 3.05) is 13.1 Å². The lowest BCUT2D eigenvalue weighted by molar-refractivity contribution is 0.172. The van der Waals surface area contributed by atoms with E-state index in [1.54, 1.807) is 0 Å². The molecule has 4 heteroatoms. The van der Waals surface area contributed by atoms with E-state index in [1.807, 2.05) is 17.1 Å². The van der Waals surface area contributed by atoms with Crippen LogP contribution in [0.5, 0.6) is 0 Å². The van der Waals surface area contributed by atoms with Crippen molar-refractivity contribution < 1.29 is 5.11 Å². The number of rotatable bonds is 7. The molecule has 15 heavy (non-hydrogen) atoms. The Hall–Kier alpha value is -0.870. The van der Waals surface area contributed by atoms with Gasteiger partial charge in [-0.25, -0.2) is 0 Å². The van der Waals surface area contributed by atoms with E-state index >= 15 is 0 Å². The minimum atomic E-state index is -0.314. The smallest absolute Gasteiger partial charge is 0.0706 e. The van der Waals surface area contributed by atoms with E-state index in [2.05, 4.69) is 24.3 Å². The van der Waals surface area contributed by atoms with Gasteiger partial charge in [0.25, 0.3) is 0 Å². The van der Waals surface area contributed by atoms with Gasteiger partial charge >= 0.3 is 0 Å². The summed E-state index contributed by atoms with van der Waals surface area (Å²) in [6, 6.07) is 0. The van der Waals surface area contributed by atoms with E-state index in [0.717, 1.165) is 25.1 Å². The fraction of sp³-hybridized carbons (Fsp3) is 0.727.